The number of carbonyl (C=O) groups is 1. The molecule has 1 aliphatic rings. The van der Waals surface area contributed by atoms with Gasteiger partial charge in [-0.05, 0) is 42.8 Å². The molecule has 0 bridgehead atoms. The van der Waals surface area contributed by atoms with Gasteiger partial charge in [-0.1, -0.05) is 0 Å². The van der Waals surface area contributed by atoms with Crippen LogP contribution in [0, 0.1) is 5.82 Å². The summed E-state index contributed by atoms with van der Waals surface area (Å²) in [4.78, 5) is 13.6. The maximum absolute atomic E-state index is 13.4. The maximum atomic E-state index is 13.4. The molecule has 1 aromatic carbocycles. The predicted molar refractivity (Wildman–Crippen MR) is 73.2 cm³/mol. The fraction of sp³-hybridized carbons (Fsp3) is 0.462. The smallest absolute Gasteiger partial charge is 0.415 e. The topological polar surface area (TPSA) is 38.8 Å². The van der Waals surface area contributed by atoms with Crippen LogP contribution in [0.3, 0.4) is 0 Å². The summed E-state index contributed by atoms with van der Waals surface area (Å²) in [7, 11) is 0. The van der Waals surface area contributed by atoms with Crippen LogP contribution in [0.5, 0.6) is 5.75 Å². The van der Waals surface area contributed by atoms with Gasteiger partial charge in [0.15, 0.2) is 0 Å². The van der Waals surface area contributed by atoms with Gasteiger partial charge in [0.1, 0.15) is 23.8 Å². The van der Waals surface area contributed by atoms with Crippen LogP contribution in [0.4, 0.5) is 14.9 Å². The lowest BCUT2D eigenvalue weighted by atomic mass is 10.2. The molecule has 19 heavy (non-hydrogen) atoms. The molecule has 0 saturated heterocycles. The third kappa shape index (κ3) is 3.18. The number of fused-ring (bicyclic) bond motifs is 1. The monoisotopic (exact) mass is 331 g/mol. The van der Waals surface area contributed by atoms with Crippen molar-refractivity contribution in [2.24, 2.45) is 0 Å². The van der Waals surface area contributed by atoms with Gasteiger partial charge in [0.05, 0.1) is 16.7 Å². The van der Waals surface area contributed by atoms with E-state index < -0.39 is 17.5 Å². The first-order valence-corrected chi connectivity index (χ1v) is 6.69. The number of hydrogen-bond acceptors (Lipinski definition) is 3. The number of ether oxygens (including phenoxy) is 2. The summed E-state index contributed by atoms with van der Waals surface area (Å²) in [5.74, 6) is -0.0809. The average molecular weight is 332 g/mol. The molecule has 1 aliphatic heterocycles. The Kier molecular flexibility index (Phi) is 3.71. The number of hydrogen-bond donors (Lipinski definition) is 0. The first-order chi connectivity index (χ1) is 8.78. The molecule has 1 amide bonds. The fourth-order valence-corrected chi connectivity index (χ4v) is 2.05. The zero-order valence-corrected chi connectivity index (χ0v) is 12.6. The molecule has 0 radical (unpaired) electrons. The van der Waals surface area contributed by atoms with Gasteiger partial charge in [0.25, 0.3) is 0 Å². The van der Waals surface area contributed by atoms with Gasteiger partial charge in [-0.3, -0.25) is 4.90 Å². The van der Waals surface area contributed by atoms with E-state index in [0.29, 0.717) is 24.6 Å². The minimum Gasteiger partial charge on any atom is -0.489 e. The molecule has 0 aliphatic carbocycles. The van der Waals surface area contributed by atoms with Crippen LogP contribution < -0.4 is 9.64 Å². The molecule has 0 atom stereocenters. The van der Waals surface area contributed by atoms with Crippen LogP contribution in [-0.4, -0.2) is 24.8 Å². The summed E-state index contributed by atoms with van der Waals surface area (Å²) in [5.41, 5.74) is -0.0684. The highest BCUT2D eigenvalue weighted by atomic mass is 79.9. The first-order valence-electron chi connectivity index (χ1n) is 5.90. The number of nitrogens with zero attached hydrogens (tertiary/aromatic N) is 1. The Bertz CT molecular complexity index is 513. The minimum atomic E-state index is -0.577. The number of rotatable bonds is 0. The van der Waals surface area contributed by atoms with Crippen molar-refractivity contribution in [2.75, 3.05) is 18.1 Å². The van der Waals surface area contributed by atoms with Crippen molar-refractivity contribution in [2.45, 2.75) is 26.4 Å². The molecule has 4 nitrogen and oxygen atoms in total. The molecular formula is C13H15BrFNO3. The molecule has 6 heteroatoms. The van der Waals surface area contributed by atoms with E-state index >= 15 is 0 Å². The predicted octanol–water partition coefficient (Wildman–Crippen LogP) is 3.72. The van der Waals surface area contributed by atoms with Crippen LogP contribution in [-0.2, 0) is 4.74 Å². The molecule has 0 aromatic heterocycles. The zero-order chi connectivity index (χ0) is 14.2. The second-order valence-corrected chi connectivity index (χ2v) is 6.07. The molecule has 0 saturated carbocycles. The van der Waals surface area contributed by atoms with Gasteiger partial charge >= 0.3 is 6.09 Å². The summed E-state index contributed by atoms with van der Waals surface area (Å²) >= 11 is 3.10. The van der Waals surface area contributed by atoms with E-state index in [2.05, 4.69) is 15.9 Å². The van der Waals surface area contributed by atoms with Crippen molar-refractivity contribution in [3.05, 3.63) is 22.4 Å². The van der Waals surface area contributed by atoms with Gasteiger partial charge in [0.2, 0.25) is 0 Å². The van der Waals surface area contributed by atoms with E-state index in [9.17, 15) is 9.18 Å². The lowest BCUT2D eigenvalue weighted by Gasteiger charge is -2.31. The van der Waals surface area contributed by atoms with Crippen molar-refractivity contribution in [1.29, 1.82) is 0 Å². The standard InChI is InChI=1S/C13H15BrFNO3/c1-13(2,3)19-12(17)16-4-5-18-11-7-9(15)8(14)6-10(11)16/h6-7H,4-5H2,1-3H3. The molecule has 0 spiro atoms. The lowest BCUT2D eigenvalue weighted by Crippen LogP contribution is -2.41. The van der Waals surface area contributed by atoms with Crippen LogP contribution in [0.15, 0.2) is 16.6 Å². The van der Waals surface area contributed by atoms with E-state index in [1.54, 1.807) is 20.8 Å². The van der Waals surface area contributed by atoms with Gasteiger partial charge in [-0.2, -0.15) is 0 Å². The Hall–Kier alpha value is -1.30. The third-order valence-corrected chi connectivity index (χ3v) is 3.09. The van der Waals surface area contributed by atoms with Crippen molar-refractivity contribution in [3.8, 4) is 5.75 Å². The largest absolute Gasteiger partial charge is 0.489 e. The average Bonchev–Trinajstić information content (AvgIpc) is 2.27. The second kappa shape index (κ2) is 5.00. The number of anilines is 1. The van der Waals surface area contributed by atoms with Crippen LogP contribution in [0.2, 0.25) is 0 Å². The molecule has 1 heterocycles. The molecule has 0 unspecified atom stereocenters. The molecule has 0 fully saturated rings. The fourth-order valence-electron chi connectivity index (χ4n) is 1.72. The van der Waals surface area contributed by atoms with Gasteiger partial charge in [0, 0.05) is 6.07 Å². The molecule has 2 rings (SSSR count). The van der Waals surface area contributed by atoms with Crippen molar-refractivity contribution < 1.29 is 18.7 Å². The van der Waals surface area contributed by atoms with Crippen molar-refractivity contribution in [3.63, 3.8) is 0 Å². The number of amides is 1. The Labute approximate surface area is 119 Å². The Morgan fingerprint density at radius 2 is 2.16 bits per heavy atom. The maximum Gasteiger partial charge on any atom is 0.415 e. The van der Waals surface area contributed by atoms with Crippen LogP contribution in [0.1, 0.15) is 20.8 Å². The van der Waals surface area contributed by atoms with E-state index in [4.69, 9.17) is 9.47 Å². The van der Waals surface area contributed by atoms with Crippen LogP contribution >= 0.6 is 15.9 Å². The summed E-state index contributed by atoms with van der Waals surface area (Å²) in [5, 5.41) is 0. The Morgan fingerprint density at radius 1 is 1.47 bits per heavy atom. The number of carbonyl (C=O) groups excluding carboxylic acids is 1. The van der Waals surface area contributed by atoms with Crippen molar-refractivity contribution >= 4 is 27.7 Å². The second-order valence-electron chi connectivity index (χ2n) is 5.21. The van der Waals surface area contributed by atoms with Gasteiger partial charge in [-0.15, -0.1) is 0 Å². The van der Waals surface area contributed by atoms with E-state index in [1.807, 2.05) is 0 Å². The number of benzene rings is 1. The Morgan fingerprint density at radius 3 is 2.79 bits per heavy atom. The van der Waals surface area contributed by atoms with Crippen molar-refractivity contribution in [1.82, 2.24) is 0 Å². The van der Waals surface area contributed by atoms with Gasteiger partial charge in [-0.25, -0.2) is 9.18 Å². The third-order valence-electron chi connectivity index (χ3n) is 2.48. The highest BCUT2D eigenvalue weighted by Crippen LogP contribution is 2.36. The van der Waals surface area contributed by atoms with Gasteiger partial charge < -0.3 is 9.47 Å². The SMILES string of the molecule is CC(C)(C)OC(=O)N1CCOc2cc(F)c(Br)cc21. The first kappa shape index (κ1) is 14.1. The molecular weight excluding hydrogens is 317 g/mol. The summed E-state index contributed by atoms with van der Waals surface area (Å²) in [6, 6.07) is 2.78. The van der Waals surface area contributed by atoms with Crippen LogP contribution in [0.25, 0.3) is 0 Å². The van der Waals surface area contributed by atoms with E-state index in [1.165, 1.54) is 17.0 Å². The highest BCUT2D eigenvalue weighted by Gasteiger charge is 2.29. The Balaban J connectivity index is 2.32. The highest BCUT2D eigenvalue weighted by molar-refractivity contribution is 9.10. The number of halogens is 2. The quantitative estimate of drug-likeness (QED) is 0.727. The molecule has 104 valence electrons. The molecule has 1 aromatic rings. The summed E-state index contributed by atoms with van der Waals surface area (Å²) in [6.45, 7) is 6.08. The van der Waals surface area contributed by atoms with E-state index in [-0.39, 0.29) is 4.47 Å². The summed E-state index contributed by atoms with van der Waals surface area (Å²) < 4.78 is 24.4. The molecule has 0 N–H and O–H groups in total. The minimum absolute atomic E-state index is 0.283. The normalized spacial score (nSPS) is 14.7. The summed E-state index contributed by atoms with van der Waals surface area (Å²) in [6.07, 6.45) is -0.462. The zero-order valence-electron chi connectivity index (χ0n) is 11.0. The lowest BCUT2D eigenvalue weighted by molar-refractivity contribution is 0.0567. The van der Waals surface area contributed by atoms with E-state index in [0.717, 1.165) is 0 Å².